The molecule has 0 spiro atoms. The van der Waals surface area contributed by atoms with E-state index >= 15 is 0 Å². The normalized spacial score (nSPS) is 7.43. The van der Waals surface area contributed by atoms with Gasteiger partial charge in [-0.25, -0.2) is 0 Å². The molecule has 0 aromatic rings. The van der Waals surface area contributed by atoms with Gasteiger partial charge in [-0.05, 0) is 6.58 Å². The molecule has 2 nitrogen and oxygen atoms in total. The summed E-state index contributed by atoms with van der Waals surface area (Å²) in [6.07, 6.45) is 1.53. The third kappa shape index (κ3) is 5.08. The van der Waals surface area contributed by atoms with E-state index in [0.717, 1.165) is 0 Å². The maximum absolute atomic E-state index is 8.22. The molecule has 0 aliphatic rings. The van der Waals surface area contributed by atoms with E-state index in [-0.39, 0.29) is 5.95 Å². The summed E-state index contributed by atoms with van der Waals surface area (Å²) in [6.45, 7) is 6.75. The number of hydrogen-bond acceptors (Lipinski definition) is 2. The predicted octanol–water partition coefficient (Wildman–Crippen LogP) is 1.22. The van der Waals surface area contributed by atoms with Crippen LogP contribution in [0.15, 0.2) is 25.2 Å². The fourth-order valence-electron chi connectivity index (χ4n) is 0.155. The van der Waals surface area contributed by atoms with Crippen molar-refractivity contribution in [3.8, 4) is 0 Å². The van der Waals surface area contributed by atoms with E-state index in [1.165, 1.54) is 6.08 Å². The van der Waals surface area contributed by atoms with Crippen LogP contribution in [0, 0.1) is 0 Å². The zero-order valence-corrected chi connectivity index (χ0v) is 4.05. The molecule has 0 amide bonds. The Bertz CT molecular complexity index is 76.1. The maximum Gasteiger partial charge on any atom is 0.269 e. The molecule has 0 bridgehead atoms. The van der Waals surface area contributed by atoms with Gasteiger partial charge in [-0.2, -0.15) is 0 Å². The van der Waals surface area contributed by atoms with Crippen molar-refractivity contribution in [1.82, 2.24) is 0 Å². The molecule has 40 valence electrons. The molecule has 0 aliphatic heterocycles. The topological polar surface area (TPSA) is 29.5 Å². The second-order valence-electron chi connectivity index (χ2n) is 0.993. The highest BCUT2D eigenvalue weighted by molar-refractivity contribution is 4.70. The summed E-state index contributed by atoms with van der Waals surface area (Å²) < 4.78 is 4.43. The summed E-state index contributed by atoms with van der Waals surface area (Å²) in [5.41, 5.74) is 0. The summed E-state index contributed by atoms with van der Waals surface area (Å²) in [4.78, 5) is 0. The Morgan fingerprint density at radius 2 is 2.43 bits per heavy atom. The van der Waals surface area contributed by atoms with Crippen LogP contribution in [0.1, 0.15) is 0 Å². The van der Waals surface area contributed by atoms with Gasteiger partial charge in [0.05, 0.1) is 0 Å². The molecule has 2 heteroatoms. The largest absolute Gasteiger partial charge is 0.481 e. The molecule has 0 fully saturated rings. The molecule has 0 unspecified atom stereocenters. The average Bonchev–Trinajstić information content (AvgIpc) is 1.61. The molecule has 0 aliphatic carbocycles. The minimum atomic E-state index is -0.264. The lowest BCUT2D eigenvalue weighted by atomic mass is 10.7. The SMILES string of the molecule is C=CCOC(=C)O. The minimum absolute atomic E-state index is 0.264. The van der Waals surface area contributed by atoms with Crippen molar-refractivity contribution in [2.75, 3.05) is 6.61 Å². The van der Waals surface area contributed by atoms with Gasteiger partial charge in [0.1, 0.15) is 6.61 Å². The summed E-state index contributed by atoms with van der Waals surface area (Å²) in [6, 6.07) is 0. The Hall–Kier alpha value is -0.920. The van der Waals surface area contributed by atoms with Gasteiger partial charge < -0.3 is 9.84 Å². The molecule has 0 aromatic heterocycles. The maximum atomic E-state index is 8.22. The van der Waals surface area contributed by atoms with Gasteiger partial charge in [0.2, 0.25) is 0 Å². The fraction of sp³-hybridized carbons (Fsp3) is 0.200. The molecule has 0 rings (SSSR count). The molecule has 0 saturated carbocycles. The van der Waals surface area contributed by atoms with Gasteiger partial charge in [-0.15, -0.1) is 0 Å². The Morgan fingerprint density at radius 3 is 2.57 bits per heavy atom. The van der Waals surface area contributed by atoms with E-state index in [2.05, 4.69) is 17.9 Å². The summed E-state index contributed by atoms with van der Waals surface area (Å²) in [5.74, 6) is -0.264. The molecular formula is C5H8O2. The van der Waals surface area contributed by atoms with Crippen LogP contribution in [0.3, 0.4) is 0 Å². The van der Waals surface area contributed by atoms with Crippen molar-refractivity contribution in [3.05, 3.63) is 25.2 Å². The number of rotatable bonds is 3. The summed E-state index contributed by atoms with van der Waals surface area (Å²) in [5, 5.41) is 8.22. The highest BCUT2D eigenvalue weighted by atomic mass is 16.6. The van der Waals surface area contributed by atoms with Crippen molar-refractivity contribution in [2.24, 2.45) is 0 Å². The molecule has 0 radical (unpaired) electrons. The van der Waals surface area contributed by atoms with Crippen molar-refractivity contribution < 1.29 is 9.84 Å². The first-order chi connectivity index (χ1) is 3.27. The quantitative estimate of drug-likeness (QED) is 0.426. The molecule has 0 aromatic carbocycles. The van der Waals surface area contributed by atoms with Crippen molar-refractivity contribution in [2.45, 2.75) is 0 Å². The van der Waals surface area contributed by atoms with Gasteiger partial charge in [0.25, 0.3) is 5.95 Å². The van der Waals surface area contributed by atoms with Crippen LogP contribution < -0.4 is 0 Å². The fourth-order valence-corrected chi connectivity index (χ4v) is 0.155. The lowest BCUT2D eigenvalue weighted by molar-refractivity contribution is 0.115. The number of aliphatic hydroxyl groups is 1. The van der Waals surface area contributed by atoms with Gasteiger partial charge in [-0.3, -0.25) is 0 Å². The smallest absolute Gasteiger partial charge is 0.269 e. The van der Waals surface area contributed by atoms with Gasteiger partial charge in [0.15, 0.2) is 0 Å². The number of aliphatic hydroxyl groups excluding tert-OH is 1. The van der Waals surface area contributed by atoms with Crippen LogP contribution in [0.2, 0.25) is 0 Å². The molecular weight excluding hydrogens is 92.1 g/mol. The zero-order valence-electron chi connectivity index (χ0n) is 4.05. The number of ether oxygens (including phenoxy) is 1. The second-order valence-corrected chi connectivity index (χ2v) is 0.993. The highest BCUT2D eigenvalue weighted by Gasteiger charge is 1.78. The first-order valence-electron chi connectivity index (χ1n) is 1.89. The third-order valence-corrected chi connectivity index (χ3v) is 0.368. The van der Waals surface area contributed by atoms with Crippen molar-refractivity contribution in [1.29, 1.82) is 0 Å². The Labute approximate surface area is 42.7 Å². The van der Waals surface area contributed by atoms with Crippen LogP contribution in [0.25, 0.3) is 0 Å². The van der Waals surface area contributed by atoms with E-state index in [1.807, 2.05) is 0 Å². The van der Waals surface area contributed by atoms with E-state index in [9.17, 15) is 0 Å². The van der Waals surface area contributed by atoms with Crippen LogP contribution in [0.5, 0.6) is 0 Å². The zero-order chi connectivity index (χ0) is 5.70. The van der Waals surface area contributed by atoms with Crippen molar-refractivity contribution >= 4 is 0 Å². The lowest BCUT2D eigenvalue weighted by Gasteiger charge is -1.94. The van der Waals surface area contributed by atoms with Gasteiger partial charge in [-0.1, -0.05) is 12.7 Å². The monoisotopic (exact) mass is 100 g/mol. The molecule has 0 atom stereocenters. The van der Waals surface area contributed by atoms with Crippen LogP contribution in [0.4, 0.5) is 0 Å². The Kier molecular flexibility index (Phi) is 2.85. The predicted molar refractivity (Wildman–Crippen MR) is 27.9 cm³/mol. The first-order valence-corrected chi connectivity index (χ1v) is 1.89. The minimum Gasteiger partial charge on any atom is -0.481 e. The van der Waals surface area contributed by atoms with Crippen LogP contribution in [-0.4, -0.2) is 11.7 Å². The van der Waals surface area contributed by atoms with E-state index in [1.54, 1.807) is 0 Å². The van der Waals surface area contributed by atoms with Gasteiger partial charge in [0, 0.05) is 0 Å². The first kappa shape index (κ1) is 6.08. The average molecular weight is 100 g/mol. The Balaban J connectivity index is 2.97. The Morgan fingerprint density at radius 1 is 1.86 bits per heavy atom. The molecule has 1 N–H and O–H groups in total. The van der Waals surface area contributed by atoms with Crippen molar-refractivity contribution in [3.63, 3.8) is 0 Å². The van der Waals surface area contributed by atoms with E-state index in [4.69, 9.17) is 5.11 Å². The van der Waals surface area contributed by atoms with Crippen LogP contribution in [-0.2, 0) is 4.74 Å². The summed E-state index contributed by atoms with van der Waals surface area (Å²) >= 11 is 0. The van der Waals surface area contributed by atoms with E-state index < -0.39 is 0 Å². The van der Waals surface area contributed by atoms with Gasteiger partial charge >= 0.3 is 0 Å². The number of hydrogen-bond donors (Lipinski definition) is 1. The molecule has 0 saturated heterocycles. The lowest BCUT2D eigenvalue weighted by Crippen LogP contribution is -1.86. The third-order valence-electron chi connectivity index (χ3n) is 0.368. The molecule has 7 heavy (non-hydrogen) atoms. The summed E-state index contributed by atoms with van der Waals surface area (Å²) in [7, 11) is 0. The highest BCUT2D eigenvalue weighted by Crippen LogP contribution is 1.83. The second kappa shape index (κ2) is 3.28. The standard InChI is InChI=1S/C5H8O2/c1-3-4-7-5(2)6/h3,6H,1-2,4H2. The van der Waals surface area contributed by atoms with E-state index in [0.29, 0.717) is 6.61 Å². The van der Waals surface area contributed by atoms with Crippen LogP contribution >= 0.6 is 0 Å². The molecule has 0 heterocycles.